The van der Waals surface area contributed by atoms with Crippen molar-refractivity contribution in [2.45, 2.75) is 26.3 Å². The van der Waals surface area contributed by atoms with E-state index in [1.807, 2.05) is 31.5 Å². The third-order valence-electron chi connectivity index (χ3n) is 2.04. The average molecular weight is 188 g/mol. The van der Waals surface area contributed by atoms with Gasteiger partial charge in [0.1, 0.15) is 0 Å². The van der Waals surface area contributed by atoms with Crippen molar-refractivity contribution >= 4 is 0 Å². The zero-order chi connectivity index (χ0) is 10.2. The van der Waals surface area contributed by atoms with E-state index in [0.717, 1.165) is 13.0 Å². The monoisotopic (exact) mass is 188 g/mol. The Kier molecular flexibility index (Phi) is 4.74. The van der Waals surface area contributed by atoms with E-state index >= 15 is 0 Å². The molecule has 0 saturated heterocycles. The van der Waals surface area contributed by atoms with E-state index in [9.17, 15) is 0 Å². The summed E-state index contributed by atoms with van der Waals surface area (Å²) < 4.78 is 0. The lowest BCUT2D eigenvalue weighted by Gasteiger charge is -2.14. The smallest absolute Gasteiger partial charge is 0.0431 e. The van der Waals surface area contributed by atoms with Gasteiger partial charge in [-0.25, -0.2) is 0 Å². The lowest BCUT2D eigenvalue weighted by molar-refractivity contribution is 0.564. The Hall–Kier alpha value is -1.33. The van der Waals surface area contributed by atoms with Crippen LogP contribution >= 0.6 is 0 Å². The third-order valence-corrected chi connectivity index (χ3v) is 2.04. The number of hydrogen-bond donors (Lipinski definition) is 1. The van der Waals surface area contributed by atoms with Crippen LogP contribution in [-0.2, 0) is 0 Å². The minimum Gasteiger partial charge on any atom is -0.309 e. The molecule has 1 unspecified atom stereocenters. The third kappa shape index (κ3) is 3.20. The molecule has 0 bridgehead atoms. The minimum absolute atomic E-state index is 0.329. The summed E-state index contributed by atoms with van der Waals surface area (Å²) >= 11 is 0. The summed E-state index contributed by atoms with van der Waals surface area (Å²) in [6.45, 7) is 4.93. The minimum atomic E-state index is 0.329. The maximum Gasteiger partial charge on any atom is 0.0431 e. The van der Waals surface area contributed by atoms with Crippen LogP contribution in [0.2, 0.25) is 0 Å². The van der Waals surface area contributed by atoms with Gasteiger partial charge in [-0.1, -0.05) is 6.92 Å². The van der Waals surface area contributed by atoms with Gasteiger partial charge in [0.15, 0.2) is 0 Å². The second-order valence-electron chi connectivity index (χ2n) is 3.02. The Morgan fingerprint density at radius 3 is 2.71 bits per heavy atom. The normalized spacial score (nSPS) is 11.6. The maximum atomic E-state index is 4.00. The predicted molar refractivity (Wildman–Crippen MR) is 58.7 cm³/mol. The molecule has 2 heteroatoms. The lowest BCUT2D eigenvalue weighted by atomic mass is 10.1. The number of pyridine rings is 1. The zero-order valence-corrected chi connectivity index (χ0v) is 8.75. The molecule has 0 aromatic carbocycles. The Morgan fingerprint density at radius 1 is 1.43 bits per heavy atom. The maximum absolute atomic E-state index is 4.00. The number of rotatable bonds is 4. The van der Waals surface area contributed by atoms with Crippen molar-refractivity contribution < 1.29 is 0 Å². The van der Waals surface area contributed by atoms with Crippen LogP contribution in [0.3, 0.4) is 0 Å². The van der Waals surface area contributed by atoms with Crippen LogP contribution in [-0.4, -0.2) is 11.5 Å². The molecule has 0 saturated carbocycles. The van der Waals surface area contributed by atoms with E-state index in [0.29, 0.717) is 6.04 Å². The molecule has 1 aromatic heterocycles. The zero-order valence-electron chi connectivity index (χ0n) is 8.75. The number of nitrogens with zero attached hydrogens (tertiary/aromatic N) is 1. The molecule has 0 aliphatic carbocycles. The van der Waals surface area contributed by atoms with E-state index in [1.165, 1.54) is 5.56 Å². The molecule has 1 rings (SSSR count). The van der Waals surface area contributed by atoms with Crippen LogP contribution in [0.5, 0.6) is 0 Å². The molecular weight excluding hydrogens is 172 g/mol. The molecule has 1 heterocycles. The van der Waals surface area contributed by atoms with Gasteiger partial charge in [0.2, 0.25) is 0 Å². The van der Waals surface area contributed by atoms with Gasteiger partial charge >= 0.3 is 0 Å². The molecule has 14 heavy (non-hydrogen) atoms. The van der Waals surface area contributed by atoms with Crippen molar-refractivity contribution in [1.82, 2.24) is 10.3 Å². The Morgan fingerprint density at radius 2 is 2.14 bits per heavy atom. The Bertz CT molecular complexity index is 308. The van der Waals surface area contributed by atoms with E-state index in [4.69, 9.17) is 0 Å². The topological polar surface area (TPSA) is 24.9 Å². The highest BCUT2D eigenvalue weighted by molar-refractivity contribution is 5.17. The van der Waals surface area contributed by atoms with Crippen molar-refractivity contribution in [2.24, 2.45) is 0 Å². The molecule has 2 nitrogen and oxygen atoms in total. The molecule has 1 aromatic rings. The largest absolute Gasteiger partial charge is 0.309 e. The van der Waals surface area contributed by atoms with Crippen LogP contribution in [0.1, 0.15) is 31.9 Å². The molecular formula is C12H16N2. The predicted octanol–water partition coefficient (Wildman–Crippen LogP) is 2.15. The average Bonchev–Trinajstić information content (AvgIpc) is 2.25. The van der Waals surface area contributed by atoms with Gasteiger partial charge in [0.25, 0.3) is 0 Å². The fourth-order valence-electron chi connectivity index (χ4n) is 1.35. The van der Waals surface area contributed by atoms with Crippen LogP contribution in [0.25, 0.3) is 0 Å². The molecule has 0 fully saturated rings. The molecule has 1 atom stereocenters. The fourth-order valence-corrected chi connectivity index (χ4v) is 1.35. The quantitative estimate of drug-likeness (QED) is 0.732. The summed E-state index contributed by atoms with van der Waals surface area (Å²) in [5.74, 6) is 6.02. The molecule has 0 amide bonds. The highest BCUT2D eigenvalue weighted by Crippen LogP contribution is 2.14. The first-order chi connectivity index (χ1) is 6.88. The number of nitrogens with one attached hydrogen (secondary N) is 1. The van der Waals surface area contributed by atoms with Crippen molar-refractivity contribution in [3.05, 3.63) is 30.1 Å². The molecule has 0 aliphatic rings. The fraction of sp³-hybridized carbons (Fsp3) is 0.417. The second-order valence-corrected chi connectivity index (χ2v) is 3.02. The Labute approximate surface area is 85.8 Å². The number of aromatic nitrogens is 1. The van der Waals surface area contributed by atoms with E-state index in [2.05, 4.69) is 29.1 Å². The number of hydrogen-bond acceptors (Lipinski definition) is 2. The molecule has 1 N–H and O–H groups in total. The second kappa shape index (κ2) is 6.17. The first-order valence-electron chi connectivity index (χ1n) is 4.91. The summed E-state index contributed by atoms with van der Waals surface area (Å²) in [6.07, 6.45) is 4.49. The highest BCUT2D eigenvalue weighted by atomic mass is 14.9. The standard InChI is InChI=1S/C12H16N2/c1-3-5-6-12(14-4-2)11-7-9-13-10-8-11/h7-10,12,14H,4,6H2,1-2H3. The van der Waals surface area contributed by atoms with Gasteiger partial charge in [-0.15, -0.1) is 11.8 Å². The van der Waals surface area contributed by atoms with Gasteiger partial charge in [0, 0.05) is 24.9 Å². The van der Waals surface area contributed by atoms with Gasteiger partial charge < -0.3 is 5.32 Å². The van der Waals surface area contributed by atoms with Crippen LogP contribution < -0.4 is 5.32 Å². The summed E-state index contributed by atoms with van der Waals surface area (Å²) in [5.41, 5.74) is 1.25. The van der Waals surface area contributed by atoms with Crippen molar-refractivity contribution in [2.75, 3.05) is 6.54 Å². The first-order valence-corrected chi connectivity index (χ1v) is 4.91. The van der Waals surface area contributed by atoms with E-state index in [-0.39, 0.29) is 0 Å². The summed E-state index contributed by atoms with van der Waals surface area (Å²) in [6, 6.07) is 4.39. The molecule has 74 valence electrons. The van der Waals surface area contributed by atoms with Crippen molar-refractivity contribution in [3.8, 4) is 11.8 Å². The van der Waals surface area contributed by atoms with Crippen molar-refractivity contribution in [1.29, 1.82) is 0 Å². The lowest BCUT2D eigenvalue weighted by Crippen LogP contribution is -2.20. The summed E-state index contributed by atoms with van der Waals surface area (Å²) in [7, 11) is 0. The van der Waals surface area contributed by atoms with E-state index in [1.54, 1.807) is 0 Å². The van der Waals surface area contributed by atoms with Crippen molar-refractivity contribution in [3.63, 3.8) is 0 Å². The first kappa shape index (κ1) is 10.7. The van der Waals surface area contributed by atoms with E-state index < -0.39 is 0 Å². The SMILES string of the molecule is CC#CCC(NCC)c1ccncc1. The van der Waals surface area contributed by atoms with Gasteiger partial charge in [0.05, 0.1) is 0 Å². The van der Waals surface area contributed by atoms with Gasteiger partial charge in [-0.3, -0.25) is 4.98 Å². The summed E-state index contributed by atoms with van der Waals surface area (Å²) in [5, 5.41) is 3.40. The van der Waals surface area contributed by atoms with Crippen LogP contribution in [0, 0.1) is 11.8 Å². The molecule has 0 radical (unpaired) electrons. The highest BCUT2D eigenvalue weighted by Gasteiger charge is 2.07. The van der Waals surface area contributed by atoms with Crippen LogP contribution in [0.15, 0.2) is 24.5 Å². The molecule has 0 spiro atoms. The Balaban J connectivity index is 2.70. The summed E-state index contributed by atoms with van der Waals surface area (Å²) in [4.78, 5) is 4.00. The molecule has 0 aliphatic heterocycles. The van der Waals surface area contributed by atoms with Gasteiger partial charge in [-0.05, 0) is 31.2 Å². The van der Waals surface area contributed by atoms with Gasteiger partial charge in [-0.2, -0.15) is 0 Å². The van der Waals surface area contributed by atoms with Crippen LogP contribution in [0.4, 0.5) is 0 Å².